The summed E-state index contributed by atoms with van der Waals surface area (Å²) in [6, 6.07) is 0. The number of methoxy groups -OCH3 is 1. The van der Waals surface area contributed by atoms with Crippen molar-refractivity contribution in [3.63, 3.8) is 0 Å². The first-order valence-corrected chi connectivity index (χ1v) is 7.94. The average molecular weight is 285 g/mol. The molecule has 1 fully saturated rings. The van der Waals surface area contributed by atoms with E-state index in [9.17, 15) is 5.11 Å². The van der Waals surface area contributed by atoms with Gasteiger partial charge in [0.15, 0.2) is 5.16 Å². The summed E-state index contributed by atoms with van der Waals surface area (Å²) in [4.78, 5) is 0. The van der Waals surface area contributed by atoms with Crippen molar-refractivity contribution in [1.82, 2.24) is 14.8 Å². The normalized spacial score (nSPS) is 18.6. The molecule has 108 valence electrons. The first-order valence-electron chi connectivity index (χ1n) is 6.95. The Morgan fingerprint density at radius 1 is 1.42 bits per heavy atom. The third kappa shape index (κ3) is 4.47. The lowest BCUT2D eigenvalue weighted by Crippen LogP contribution is -2.34. The van der Waals surface area contributed by atoms with Crippen LogP contribution in [0.2, 0.25) is 0 Å². The molecular formula is C13H23N3O2S. The summed E-state index contributed by atoms with van der Waals surface area (Å²) in [5.41, 5.74) is -0.508. The van der Waals surface area contributed by atoms with Crippen LogP contribution in [-0.2, 0) is 11.3 Å². The molecule has 6 heteroatoms. The second-order valence-corrected chi connectivity index (χ2v) is 6.17. The van der Waals surface area contributed by atoms with Gasteiger partial charge in [0.2, 0.25) is 0 Å². The average Bonchev–Trinajstić information content (AvgIpc) is 2.85. The number of thioether (sulfide) groups is 1. The molecule has 1 aliphatic carbocycles. The number of aromatic nitrogens is 3. The largest absolute Gasteiger partial charge is 0.389 e. The highest BCUT2D eigenvalue weighted by Crippen LogP contribution is 2.32. The lowest BCUT2D eigenvalue weighted by atomic mass is 9.86. The second-order valence-electron chi connectivity index (χ2n) is 5.23. The van der Waals surface area contributed by atoms with Gasteiger partial charge in [0, 0.05) is 26.0 Å². The van der Waals surface area contributed by atoms with E-state index >= 15 is 0 Å². The topological polar surface area (TPSA) is 60.2 Å². The van der Waals surface area contributed by atoms with Crippen molar-refractivity contribution in [3.05, 3.63) is 6.33 Å². The zero-order valence-electron chi connectivity index (χ0n) is 11.5. The molecule has 1 saturated carbocycles. The van der Waals surface area contributed by atoms with Gasteiger partial charge in [0.25, 0.3) is 0 Å². The molecule has 0 spiro atoms. The zero-order valence-corrected chi connectivity index (χ0v) is 12.4. The molecular weight excluding hydrogens is 262 g/mol. The molecule has 0 bridgehead atoms. The van der Waals surface area contributed by atoms with Crippen LogP contribution in [0.3, 0.4) is 0 Å². The number of hydrogen-bond acceptors (Lipinski definition) is 5. The summed E-state index contributed by atoms with van der Waals surface area (Å²) in [5, 5.41) is 19.5. The maximum Gasteiger partial charge on any atom is 0.191 e. The van der Waals surface area contributed by atoms with Gasteiger partial charge < -0.3 is 14.4 Å². The van der Waals surface area contributed by atoms with Crippen molar-refractivity contribution in [3.8, 4) is 0 Å². The number of hydrogen-bond donors (Lipinski definition) is 1. The van der Waals surface area contributed by atoms with E-state index in [2.05, 4.69) is 10.2 Å². The number of ether oxygens (including phenoxy) is 1. The van der Waals surface area contributed by atoms with Crippen molar-refractivity contribution >= 4 is 11.8 Å². The van der Waals surface area contributed by atoms with Crippen LogP contribution in [0.25, 0.3) is 0 Å². The van der Waals surface area contributed by atoms with E-state index in [0.717, 1.165) is 56.2 Å². The van der Waals surface area contributed by atoms with Crippen LogP contribution in [0.4, 0.5) is 0 Å². The SMILES string of the molecule is COCCCn1cnnc1SCC1(O)CCCCC1. The first kappa shape index (κ1) is 14.8. The molecule has 19 heavy (non-hydrogen) atoms. The van der Waals surface area contributed by atoms with E-state index in [1.165, 1.54) is 6.42 Å². The summed E-state index contributed by atoms with van der Waals surface area (Å²) >= 11 is 1.62. The molecule has 1 heterocycles. The Kier molecular flexibility index (Phi) is 5.66. The fourth-order valence-corrected chi connectivity index (χ4v) is 3.54. The molecule has 1 aliphatic rings. The van der Waals surface area contributed by atoms with Gasteiger partial charge in [-0.05, 0) is 19.3 Å². The van der Waals surface area contributed by atoms with Crippen LogP contribution in [0, 0.1) is 0 Å². The highest BCUT2D eigenvalue weighted by Gasteiger charge is 2.29. The van der Waals surface area contributed by atoms with Gasteiger partial charge in [-0.15, -0.1) is 10.2 Å². The number of aryl methyl sites for hydroxylation is 1. The Hall–Kier alpha value is -0.590. The quantitative estimate of drug-likeness (QED) is 0.614. The zero-order chi connectivity index (χ0) is 13.6. The van der Waals surface area contributed by atoms with Gasteiger partial charge in [-0.25, -0.2) is 0 Å². The highest BCUT2D eigenvalue weighted by molar-refractivity contribution is 7.99. The fourth-order valence-electron chi connectivity index (χ4n) is 2.44. The predicted molar refractivity (Wildman–Crippen MR) is 75.3 cm³/mol. The van der Waals surface area contributed by atoms with E-state index in [1.807, 2.05) is 4.57 Å². The predicted octanol–water partition coefficient (Wildman–Crippen LogP) is 2.10. The maximum atomic E-state index is 10.5. The monoisotopic (exact) mass is 285 g/mol. The maximum absolute atomic E-state index is 10.5. The molecule has 1 aromatic heterocycles. The first-order chi connectivity index (χ1) is 9.23. The molecule has 0 unspecified atom stereocenters. The summed E-state index contributed by atoms with van der Waals surface area (Å²) in [5.74, 6) is 0.718. The van der Waals surface area contributed by atoms with Gasteiger partial charge in [-0.3, -0.25) is 0 Å². The van der Waals surface area contributed by atoms with Gasteiger partial charge in [-0.2, -0.15) is 0 Å². The molecule has 0 aliphatic heterocycles. The standard InChI is InChI=1S/C13H23N3O2S/c1-18-9-5-8-16-11-14-15-12(16)19-10-13(17)6-3-2-4-7-13/h11,17H,2-10H2,1H3. The third-order valence-corrected chi connectivity index (χ3v) is 4.84. The fraction of sp³-hybridized carbons (Fsp3) is 0.846. The van der Waals surface area contributed by atoms with Gasteiger partial charge in [0.05, 0.1) is 5.60 Å². The summed E-state index contributed by atoms with van der Waals surface area (Å²) in [7, 11) is 1.71. The molecule has 1 aromatic rings. The van der Waals surface area contributed by atoms with Crippen LogP contribution in [-0.4, -0.2) is 44.9 Å². The van der Waals surface area contributed by atoms with E-state index in [0.29, 0.717) is 0 Å². The van der Waals surface area contributed by atoms with E-state index in [-0.39, 0.29) is 0 Å². The molecule has 0 radical (unpaired) electrons. The Labute approximate surface area is 118 Å². The molecule has 0 amide bonds. The number of rotatable bonds is 7. The van der Waals surface area contributed by atoms with Crippen LogP contribution in [0.5, 0.6) is 0 Å². The Balaban J connectivity index is 1.83. The van der Waals surface area contributed by atoms with E-state index < -0.39 is 5.60 Å². The lowest BCUT2D eigenvalue weighted by Gasteiger charge is -2.31. The minimum Gasteiger partial charge on any atom is -0.389 e. The Morgan fingerprint density at radius 3 is 2.95 bits per heavy atom. The highest BCUT2D eigenvalue weighted by atomic mass is 32.2. The summed E-state index contributed by atoms with van der Waals surface area (Å²) in [6.07, 6.45) is 8.06. The van der Waals surface area contributed by atoms with Crippen LogP contribution < -0.4 is 0 Å². The summed E-state index contributed by atoms with van der Waals surface area (Å²) < 4.78 is 7.09. The van der Waals surface area contributed by atoms with Crippen LogP contribution in [0.15, 0.2) is 11.5 Å². The van der Waals surface area contributed by atoms with E-state index in [4.69, 9.17) is 4.74 Å². The van der Waals surface area contributed by atoms with Crippen molar-refractivity contribution in [2.24, 2.45) is 0 Å². The van der Waals surface area contributed by atoms with Crippen molar-refractivity contribution in [1.29, 1.82) is 0 Å². The molecule has 0 aromatic carbocycles. The smallest absolute Gasteiger partial charge is 0.191 e. The molecule has 2 rings (SSSR count). The van der Waals surface area contributed by atoms with Crippen LogP contribution >= 0.6 is 11.8 Å². The minimum absolute atomic E-state index is 0.508. The second kappa shape index (κ2) is 7.26. The van der Waals surface area contributed by atoms with Crippen molar-refractivity contribution in [2.75, 3.05) is 19.5 Å². The van der Waals surface area contributed by atoms with Crippen molar-refractivity contribution in [2.45, 2.75) is 55.8 Å². The van der Waals surface area contributed by atoms with Gasteiger partial charge in [-0.1, -0.05) is 31.0 Å². The lowest BCUT2D eigenvalue weighted by molar-refractivity contribution is 0.0272. The van der Waals surface area contributed by atoms with Gasteiger partial charge >= 0.3 is 0 Å². The summed E-state index contributed by atoms with van der Waals surface area (Å²) in [6.45, 7) is 1.60. The molecule has 0 atom stereocenters. The molecule has 0 saturated heterocycles. The Bertz CT molecular complexity index is 378. The van der Waals surface area contributed by atoms with Crippen molar-refractivity contribution < 1.29 is 9.84 Å². The molecule has 1 N–H and O–H groups in total. The molecule has 5 nitrogen and oxygen atoms in total. The number of nitrogens with zero attached hydrogens (tertiary/aromatic N) is 3. The number of aliphatic hydroxyl groups is 1. The van der Waals surface area contributed by atoms with Gasteiger partial charge in [0.1, 0.15) is 6.33 Å². The van der Waals surface area contributed by atoms with Crippen LogP contribution in [0.1, 0.15) is 38.5 Å². The van der Waals surface area contributed by atoms with E-state index in [1.54, 1.807) is 25.2 Å². The third-order valence-electron chi connectivity index (χ3n) is 3.58. The minimum atomic E-state index is -0.508. The Morgan fingerprint density at radius 2 is 2.21 bits per heavy atom.